The summed E-state index contributed by atoms with van der Waals surface area (Å²) in [6, 6.07) is 0. The van der Waals surface area contributed by atoms with Gasteiger partial charge >= 0.3 is 0 Å². The first-order valence-corrected chi connectivity index (χ1v) is 7.07. The Labute approximate surface area is 107 Å². The molecule has 1 heterocycles. The van der Waals surface area contributed by atoms with E-state index >= 15 is 0 Å². The standard InChI is InChI=1S/C13H20N2OS/c1-15(2)13(16)11-10(8-17-12(11)14)9-6-4-3-5-7-9/h8-9H,3-7,14H2,1-2H3. The van der Waals surface area contributed by atoms with Gasteiger partial charge in [0.2, 0.25) is 0 Å². The lowest BCUT2D eigenvalue weighted by atomic mass is 9.83. The molecule has 1 fully saturated rings. The molecule has 0 saturated heterocycles. The minimum Gasteiger partial charge on any atom is -0.390 e. The van der Waals surface area contributed by atoms with Crippen LogP contribution in [0.15, 0.2) is 5.38 Å². The Hall–Kier alpha value is -1.03. The molecule has 1 aliphatic carbocycles. The number of thiophene rings is 1. The molecule has 0 aliphatic heterocycles. The van der Waals surface area contributed by atoms with E-state index in [0.29, 0.717) is 10.9 Å². The lowest BCUT2D eigenvalue weighted by molar-refractivity contribution is 0.0827. The number of amides is 1. The predicted octanol–water partition coefficient (Wildman–Crippen LogP) is 3.08. The number of anilines is 1. The maximum atomic E-state index is 12.1. The van der Waals surface area contributed by atoms with Gasteiger partial charge in [-0.05, 0) is 29.7 Å². The van der Waals surface area contributed by atoms with Gasteiger partial charge in [-0.15, -0.1) is 11.3 Å². The van der Waals surface area contributed by atoms with Crippen LogP contribution in [0.1, 0.15) is 53.9 Å². The third-order valence-corrected chi connectivity index (χ3v) is 4.34. The SMILES string of the molecule is CN(C)C(=O)c1c(C2CCCCC2)csc1N. The summed E-state index contributed by atoms with van der Waals surface area (Å²) in [5.74, 6) is 0.584. The van der Waals surface area contributed by atoms with E-state index in [1.165, 1.54) is 49.0 Å². The van der Waals surface area contributed by atoms with Crippen molar-refractivity contribution in [2.45, 2.75) is 38.0 Å². The topological polar surface area (TPSA) is 46.3 Å². The quantitative estimate of drug-likeness (QED) is 0.879. The predicted molar refractivity (Wildman–Crippen MR) is 72.6 cm³/mol. The maximum absolute atomic E-state index is 12.1. The highest BCUT2D eigenvalue weighted by Gasteiger charge is 2.25. The van der Waals surface area contributed by atoms with Crippen LogP contribution in [0.5, 0.6) is 0 Å². The molecule has 17 heavy (non-hydrogen) atoms. The van der Waals surface area contributed by atoms with Crippen LogP contribution in [-0.2, 0) is 0 Å². The summed E-state index contributed by atoms with van der Waals surface area (Å²) < 4.78 is 0. The Morgan fingerprint density at radius 3 is 2.59 bits per heavy atom. The fourth-order valence-corrected chi connectivity index (χ4v) is 3.44. The summed E-state index contributed by atoms with van der Waals surface area (Å²) in [6.07, 6.45) is 6.27. The fourth-order valence-electron chi connectivity index (χ4n) is 2.55. The molecule has 1 aliphatic rings. The van der Waals surface area contributed by atoms with Gasteiger partial charge in [-0.3, -0.25) is 4.79 Å². The van der Waals surface area contributed by atoms with Gasteiger partial charge < -0.3 is 10.6 Å². The summed E-state index contributed by atoms with van der Waals surface area (Å²) in [5, 5.41) is 2.76. The number of carbonyl (C=O) groups excluding carboxylic acids is 1. The molecule has 1 amide bonds. The summed E-state index contributed by atoms with van der Waals surface area (Å²) in [4.78, 5) is 13.8. The third-order valence-electron chi connectivity index (χ3n) is 3.51. The molecule has 1 saturated carbocycles. The van der Waals surface area contributed by atoms with E-state index in [4.69, 9.17) is 5.73 Å². The fraction of sp³-hybridized carbons (Fsp3) is 0.615. The zero-order valence-corrected chi connectivity index (χ0v) is 11.3. The Balaban J connectivity index is 2.31. The van der Waals surface area contributed by atoms with E-state index in [9.17, 15) is 4.79 Å². The van der Waals surface area contributed by atoms with Crippen LogP contribution < -0.4 is 5.73 Å². The molecule has 4 heteroatoms. The normalized spacial score (nSPS) is 17.1. The minimum absolute atomic E-state index is 0.0457. The van der Waals surface area contributed by atoms with Crippen LogP contribution >= 0.6 is 11.3 Å². The molecular formula is C13H20N2OS. The lowest BCUT2D eigenvalue weighted by Crippen LogP contribution is -2.24. The highest BCUT2D eigenvalue weighted by atomic mass is 32.1. The molecule has 3 nitrogen and oxygen atoms in total. The van der Waals surface area contributed by atoms with Gasteiger partial charge in [-0.25, -0.2) is 0 Å². The van der Waals surface area contributed by atoms with E-state index in [0.717, 1.165) is 5.56 Å². The van der Waals surface area contributed by atoms with Crippen molar-refractivity contribution in [2.24, 2.45) is 0 Å². The van der Waals surface area contributed by atoms with E-state index in [-0.39, 0.29) is 5.91 Å². The summed E-state index contributed by atoms with van der Waals surface area (Å²) in [6.45, 7) is 0. The average molecular weight is 252 g/mol. The summed E-state index contributed by atoms with van der Waals surface area (Å²) in [5.41, 5.74) is 7.90. The Bertz CT molecular complexity index is 406. The number of rotatable bonds is 2. The molecule has 2 N–H and O–H groups in total. The van der Waals surface area contributed by atoms with Crippen molar-refractivity contribution in [3.63, 3.8) is 0 Å². The molecule has 0 spiro atoms. The Morgan fingerprint density at radius 2 is 2.00 bits per heavy atom. The first kappa shape index (κ1) is 12.4. The second-order valence-electron chi connectivity index (χ2n) is 4.96. The van der Waals surface area contributed by atoms with Crippen LogP contribution in [0.4, 0.5) is 5.00 Å². The third kappa shape index (κ3) is 2.46. The zero-order chi connectivity index (χ0) is 12.4. The number of hydrogen-bond donors (Lipinski definition) is 1. The number of nitrogens with two attached hydrogens (primary N) is 1. The number of hydrogen-bond acceptors (Lipinski definition) is 3. The highest BCUT2D eigenvalue weighted by Crippen LogP contribution is 2.39. The highest BCUT2D eigenvalue weighted by molar-refractivity contribution is 7.14. The molecule has 0 aromatic carbocycles. The van der Waals surface area contributed by atoms with E-state index in [1.807, 2.05) is 0 Å². The second-order valence-corrected chi connectivity index (χ2v) is 5.88. The first-order valence-electron chi connectivity index (χ1n) is 6.19. The first-order chi connectivity index (χ1) is 8.11. The van der Waals surface area contributed by atoms with Gasteiger partial charge in [0.1, 0.15) is 0 Å². The molecule has 1 aromatic heterocycles. The van der Waals surface area contributed by atoms with Crippen molar-refractivity contribution in [3.8, 4) is 0 Å². The molecule has 94 valence electrons. The largest absolute Gasteiger partial charge is 0.390 e. The molecule has 0 atom stereocenters. The lowest BCUT2D eigenvalue weighted by Gasteiger charge is -2.23. The van der Waals surface area contributed by atoms with Crippen LogP contribution in [0.2, 0.25) is 0 Å². The molecular weight excluding hydrogens is 232 g/mol. The molecule has 0 unspecified atom stereocenters. The van der Waals surface area contributed by atoms with Crippen molar-refractivity contribution in [3.05, 3.63) is 16.5 Å². The van der Waals surface area contributed by atoms with Gasteiger partial charge in [0.15, 0.2) is 0 Å². The smallest absolute Gasteiger partial charge is 0.256 e. The molecule has 0 radical (unpaired) electrons. The van der Waals surface area contributed by atoms with Gasteiger partial charge in [0.05, 0.1) is 10.6 Å². The number of nitrogens with zero attached hydrogens (tertiary/aromatic N) is 1. The van der Waals surface area contributed by atoms with Crippen molar-refractivity contribution < 1.29 is 4.79 Å². The van der Waals surface area contributed by atoms with E-state index < -0.39 is 0 Å². The molecule has 1 aromatic rings. The summed E-state index contributed by atoms with van der Waals surface area (Å²) >= 11 is 1.50. The number of carbonyl (C=O) groups is 1. The van der Waals surface area contributed by atoms with Gasteiger partial charge in [0.25, 0.3) is 5.91 Å². The maximum Gasteiger partial charge on any atom is 0.256 e. The Morgan fingerprint density at radius 1 is 1.35 bits per heavy atom. The van der Waals surface area contributed by atoms with Crippen molar-refractivity contribution in [2.75, 3.05) is 19.8 Å². The van der Waals surface area contributed by atoms with Crippen LogP contribution in [0, 0.1) is 0 Å². The van der Waals surface area contributed by atoms with Gasteiger partial charge in [-0.1, -0.05) is 19.3 Å². The molecule has 0 bridgehead atoms. The van der Waals surface area contributed by atoms with Gasteiger partial charge in [-0.2, -0.15) is 0 Å². The average Bonchev–Trinajstić information content (AvgIpc) is 2.71. The van der Waals surface area contributed by atoms with Crippen molar-refractivity contribution >= 4 is 22.2 Å². The van der Waals surface area contributed by atoms with Gasteiger partial charge in [0, 0.05) is 14.1 Å². The number of nitrogen functional groups attached to an aromatic ring is 1. The minimum atomic E-state index is 0.0457. The van der Waals surface area contributed by atoms with Crippen molar-refractivity contribution in [1.82, 2.24) is 4.90 Å². The molecule has 2 rings (SSSR count). The van der Waals surface area contributed by atoms with Crippen molar-refractivity contribution in [1.29, 1.82) is 0 Å². The monoisotopic (exact) mass is 252 g/mol. The van der Waals surface area contributed by atoms with E-state index in [1.54, 1.807) is 19.0 Å². The van der Waals surface area contributed by atoms with Crippen LogP contribution in [-0.4, -0.2) is 24.9 Å². The van der Waals surface area contributed by atoms with Crippen LogP contribution in [0.25, 0.3) is 0 Å². The second kappa shape index (κ2) is 5.08. The van der Waals surface area contributed by atoms with Crippen LogP contribution in [0.3, 0.4) is 0 Å². The Kier molecular flexibility index (Phi) is 3.72. The van der Waals surface area contributed by atoms with E-state index in [2.05, 4.69) is 5.38 Å². The zero-order valence-electron chi connectivity index (χ0n) is 10.5. The summed E-state index contributed by atoms with van der Waals surface area (Å²) in [7, 11) is 3.56.